The molecule has 0 fully saturated rings. The van der Waals surface area contributed by atoms with Crippen molar-refractivity contribution in [2.45, 2.75) is 26.3 Å². The SMILES string of the molecule is CC(C)C(CCO)Nc1ccccc1[N+](=O)[O-]. The van der Waals surface area contributed by atoms with Gasteiger partial charge in [-0.2, -0.15) is 0 Å². The Balaban J connectivity index is 2.88. The monoisotopic (exact) mass is 238 g/mol. The highest BCUT2D eigenvalue weighted by Crippen LogP contribution is 2.25. The molecule has 0 saturated carbocycles. The van der Waals surface area contributed by atoms with Gasteiger partial charge in [0.1, 0.15) is 5.69 Å². The first-order chi connectivity index (χ1) is 8.06. The number of nitro groups is 1. The predicted molar refractivity (Wildman–Crippen MR) is 67.0 cm³/mol. The van der Waals surface area contributed by atoms with Crippen LogP contribution < -0.4 is 5.32 Å². The van der Waals surface area contributed by atoms with E-state index in [0.29, 0.717) is 18.0 Å². The smallest absolute Gasteiger partial charge is 0.292 e. The topological polar surface area (TPSA) is 75.4 Å². The van der Waals surface area contributed by atoms with Crippen LogP contribution in [0.4, 0.5) is 11.4 Å². The molecule has 0 aliphatic carbocycles. The van der Waals surface area contributed by atoms with E-state index in [1.54, 1.807) is 18.2 Å². The molecule has 1 unspecified atom stereocenters. The lowest BCUT2D eigenvalue weighted by atomic mass is 10.0. The molecule has 0 aliphatic heterocycles. The first kappa shape index (κ1) is 13.4. The average Bonchev–Trinajstić information content (AvgIpc) is 2.28. The van der Waals surface area contributed by atoms with Crippen molar-refractivity contribution in [2.75, 3.05) is 11.9 Å². The number of aliphatic hydroxyl groups excluding tert-OH is 1. The molecule has 0 bridgehead atoms. The van der Waals surface area contributed by atoms with Crippen molar-refractivity contribution in [1.29, 1.82) is 0 Å². The number of anilines is 1. The van der Waals surface area contributed by atoms with Gasteiger partial charge in [-0.05, 0) is 18.4 Å². The van der Waals surface area contributed by atoms with Crippen molar-refractivity contribution in [3.63, 3.8) is 0 Å². The number of rotatable bonds is 6. The molecule has 0 spiro atoms. The van der Waals surface area contributed by atoms with E-state index in [-0.39, 0.29) is 18.3 Å². The molecule has 1 aromatic carbocycles. The van der Waals surface area contributed by atoms with Gasteiger partial charge in [0.2, 0.25) is 0 Å². The van der Waals surface area contributed by atoms with Crippen LogP contribution in [0.1, 0.15) is 20.3 Å². The van der Waals surface area contributed by atoms with Crippen LogP contribution in [0.5, 0.6) is 0 Å². The third kappa shape index (κ3) is 3.71. The van der Waals surface area contributed by atoms with Gasteiger partial charge in [-0.3, -0.25) is 10.1 Å². The van der Waals surface area contributed by atoms with Crippen molar-refractivity contribution in [3.05, 3.63) is 34.4 Å². The lowest BCUT2D eigenvalue weighted by Crippen LogP contribution is -2.27. The van der Waals surface area contributed by atoms with E-state index >= 15 is 0 Å². The third-order valence-electron chi connectivity index (χ3n) is 2.69. The minimum absolute atomic E-state index is 0.0288. The molecule has 17 heavy (non-hydrogen) atoms. The van der Waals surface area contributed by atoms with E-state index in [1.807, 2.05) is 13.8 Å². The second kappa shape index (κ2) is 6.20. The maximum absolute atomic E-state index is 10.8. The molecular weight excluding hydrogens is 220 g/mol. The van der Waals surface area contributed by atoms with E-state index < -0.39 is 4.92 Å². The van der Waals surface area contributed by atoms with Crippen LogP contribution in [-0.2, 0) is 0 Å². The molecule has 0 amide bonds. The van der Waals surface area contributed by atoms with Crippen LogP contribution in [0.25, 0.3) is 0 Å². The number of nitro benzene ring substituents is 1. The molecule has 0 heterocycles. The number of para-hydroxylation sites is 2. The zero-order chi connectivity index (χ0) is 12.8. The van der Waals surface area contributed by atoms with Crippen molar-refractivity contribution >= 4 is 11.4 Å². The zero-order valence-electron chi connectivity index (χ0n) is 10.1. The molecule has 94 valence electrons. The highest BCUT2D eigenvalue weighted by atomic mass is 16.6. The van der Waals surface area contributed by atoms with Gasteiger partial charge in [0.05, 0.1) is 4.92 Å². The number of benzene rings is 1. The molecule has 0 saturated heterocycles. The van der Waals surface area contributed by atoms with Gasteiger partial charge in [-0.15, -0.1) is 0 Å². The number of nitrogens with zero attached hydrogens (tertiary/aromatic N) is 1. The van der Waals surface area contributed by atoms with Crippen molar-refractivity contribution in [2.24, 2.45) is 5.92 Å². The summed E-state index contributed by atoms with van der Waals surface area (Å²) >= 11 is 0. The van der Waals surface area contributed by atoms with E-state index in [9.17, 15) is 10.1 Å². The predicted octanol–water partition coefficient (Wildman–Crippen LogP) is 2.41. The second-order valence-electron chi connectivity index (χ2n) is 4.28. The van der Waals surface area contributed by atoms with Gasteiger partial charge < -0.3 is 10.4 Å². The normalized spacial score (nSPS) is 12.5. The van der Waals surface area contributed by atoms with Gasteiger partial charge >= 0.3 is 0 Å². The summed E-state index contributed by atoms with van der Waals surface area (Å²) in [5, 5.41) is 22.9. The van der Waals surface area contributed by atoms with Crippen LogP contribution in [0.15, 0.2) is 24.3 Å². The number of aliphatic hydroxyl groups is 1. The molecule has 0 aliphatic rings. The lowest BCUT2D eigenvalue weighted by Gasteiger charge is -2.22. The fraction of sp³-hybridized carbons (Fsp3) is 0.500. The van der Waals surface area contributed by atoms with Crippen LogP contribution in [-0.4, -0.2) is 22.7 Å². The van der Waals surface area contributed by atoms with Gasteiger partial charge in [-0.1, -0.05) is 26.0 Å². The van der Waals surface area contributed by atoms with Crippen molar-refractivity contribution < 1.29 is 10.0 Å². The number of hydrogen-bond acceptors (Lipinski definition) is 4. The summed E-state index contributed by atoms with van der Waals surface area (Å²) in [6, 6.07) is 6.58. The Morgan fingerprint density at radius 1 is 1.41 bits per heavy atom. The summed E-state index contributed by atoms with van der Waals surface area (Å²) in [7, 11) is 0. The molecule has 1 aromatic rings. The van der Waals surface area contributed by atoms with E-state index in [1.165, 1.54) is 6.07 Å². The standard InChI is InChI=1S/C12H18N2O3/c1-9(2)10(7-8-15)13-11-5-3-4-6-12(11)14(16)17/h3-6,9-10,13,15H,7-8H2,1-2H3. The first-order valence-electron chi connectivity index (χ1n) is 5.67. The zero-order valence-corrected chi connectivity index (χ0v) is 10.1. The van der Waals surface area contributed by atoms with Gasteiger partial charge in [-0.25, -0.2) is 0 Å². The Bertz CT molecular complexity index is 380. The fourth-order valence-electron chi connectivity index (χ4n) is 1.67. The molecule has 1 rings (SSSR count). The van der Waals surface area contributed by atoms with E-state index in [0.717, 1.165) is 0 Å². The molecule has 0 radical (unpaired) electrons. The van der Waals surface area contributed by atoms with Crippen LogP contribution >= 0.6 is 0 Å². The highest BCUT2D eigenvalue weighted by molar-refractivity contribution is 5.61. The first-order valence-corrected chi connectivity index (χ1v) is 5.67. The average molecular weight is 238 g/mol. The summed E-state index contributed by atoms with van der Waals surface area (Å²) in [6.45, 7) is 4.10. The van der Waals surface area contributed by atoms with Crippen LogP contribution in [0.3, 0.4) is 0 Å². The minimum atomic E-state index is -0.404. The van der Waals surface area contributed by atoms with Gasteiger partial charge in [0, 0.05) is 18.7 Å². The summed E-state index contributed by atoms with van der Waals surface area (Å²) in [6.07, 6.45) is 0.573. The Kier molecular flexibility index (Phi) is 4.90. The summed E-state index contributed by atoms with van der Waals surface area (Å²) in [4.78, 5) is 10.4. The maximum Gasteiger partial charge on any atom is 0.292 e. The molecule has 1 atom stereocenters. The third-order valence-corrected chi connectivity index (χ3v) is 2.69. The summed E-state index contributed by atoms with van der Waals surface area (Å²) in [5.74, 6) is 0.293. The van der Waals surface area contributed by atoms with Crippen LogP contribution in [0, 0.1) is 16.0 Å². The van der Waals surface area contributed by atoms with Gasteiger partial charge in [0.25, 0.3) is 5.69 Å². The molecule has 2 N–H and O–H groups in total. The van der Waals surface area contributed by atoms with Crippen molar-refractivity contribution in [1.82, 2.24) is 0 Å². The fourth-order valence-corrected chi connectivity index (χ4v) is 1.67. The molecule has 5 heteroatoms. The Morgan fingerprint density at radius 2 is 2.06 bits per heavy atom. The largest absolute Gasteiger partial charge is 0.396 e. The Labute approximate surface area is 101 Å². The quantitative estimate of drug-likeness (QED) is 0.589. The highest BCUT2D eigenvalue weighted by Gasteiger charge is 2.18. The summed E-state index contributed by atoms with van der Waals surface area (Å²) < 4.78 is 0. The van der Waals surface area contributed by atoms with E-state index in [4.69, 9.17) is 5.11 Å². The van der Waals surface area contributed by atoms with Crippen molar-refractivity contribution in [3.8, 4) is 0 Å². The Hall–Kier alpha value is -1.62. The Morgan fingerprint density at radius 3 is 2.59 bits per heavy atom. The van der Waals surface area contributed by atoms with E-state index in [2.05, 4.69) is 5.32 Å². The maximum atomic E-state index is 10.8. The molecule has 5 nitrogen and oxygen atoms in total. The molecular formula is C12H18N2O3. The second-order valence-corrected chi connectivity index (χ2v) is 4.28. The van der Waals surface area contributed by atoms with Gasteiger partial charge in [0.15, 0.2) is 0 Å². The van der Waals surface area contributed by atoms with Crippen LogP contribution in [0.2, 0.25) is 0 Å². The lowest BCUT2D eigenvalue weighted by molar-refractivity contribution is -0.384. The minimum Gasteiger partial charge on any atom is -0.396 e. The number of nitrogens with one attached hydrogen (secondary N) is 1. The summed E-state index contributed by atoms with van der Waals surface area (Å²) in [5.41, 5.74) is 0.570. The molecule has 0 aromatic heterocycles. The number of hydrogen-bond donors (Lipinski definition) is 2.